The van der Waals surface area contributed by atoms with Crippen molar-refractivity contribution in [1.29, 1.82) is 0 Å². The number of halogens is 1. The summed E-state index contributed by atoms with van der Waals surface area (Å²) in [6.07, 6.45) is 5.80. The lowest BCUT2D eigenvalue weighted by Gasteiger charge is -2.37. The summed E-state index contributed by atoms with van der Waals surface area (Å²) in [6, 6.07) is 3.08. The first kappa shape index (κ1) is 25.8. The molecule has 34 heavy (non-hydrogen) atoms. The van der Waals surface area contributed by atoms with E-state index in [4.69, 9.17) is 21.1 Å². The number of carbonyl (C=O) groups is 2. The van der Waals surface area contributed by atoms with Crippen LogP contribution in [0.2, 0.25) is 0 Å². The molecule has 0 radical (unpaired) electrons. The van der Waals surface area contributed by atoms with E-state index >= 15 is 0 Å². The van der Waals surface area contributed by atoms with Gasteiger partial charge in [0.2, 0.25) is 11.9 Å². The van der Waals surface area contributed by atoms with E-state index in [2.05, 4.69) is 16.0 Å². The number of anilines is 1. The van der Waals surface area contributed by atoms with Crippen molar-refractivity contribution in [3.8, 4) is 0 Å². The first-order valence-corrected chi connectivity index (χ1v) is 11.4. The van der Waals surface area contributed by atoms with Crippen LogP contribution >= 0.6 is 0 Å². The van der Waals surface area contributed by atoms with Crippen LogP contribution in [0.15, 0.2) is 35.9 Å². The highest BCUT2D eigenvalue weighted by atomic mass is 19.1. The fourth-order valence-electron chi connectivity index (χ4n) is 4.48. The normalized spacial score (nSPS) is 20.8. The molecule has 10 nitrogen and oxygen atoms in total. The first-order valence-electron chi connectivity index (χ1n) is 11.4. The molecule has 0 unspecified atom stereocenters. The van der Waals surface area contributed by atoms with Crippen LogP contribution in [0.3, 0.4) is 0 Å². The number of nitrogens with one attached hydrogen (secondary N) is 1. The van der Waals surface area contributed by atoms with Gasteiger partial charge >= 0.3 is 6.10 Å². The van der Waals surface area contributed by atoms with Crippen molar-refractivity contribution in [2.75, 3.05) is 31.1 Å². The molecule has 1 atom stereocenters. The Hall–Kier alpha value is -2.86. The third-order valence-corrected chi connectivity index (χ3v) is 6.30. The molecule has 3 rings (SSSR count). The van der Waals surface area contributed by atoms with Crippen molar-refractivity contribution >= 4 is 17.5 Å². The second kappa shape index (κ2) is 11.0. The Bertz CT molecular complexity index is 954. The maximum atomic E-state index is 14.6. The van der Waals surface area contributed by atoms with Crippen LogP contribution in [0.4, 0.5) is 10.1 Å². The number of carbonyl (C=O) groups excluding carboxylic acids is 2. The molecule has 0 spiro atoms. The van der Waals surface area contributed by atoms with Crippen molar-refractivity contribution in [2.45, 2.75) is 44.7 Å². The highest BCUT2D eigenvalue weighted by Gasteiger charge is 2.31. The smallest absolute Gasteiger partial charge is 0.368 e. The fourth-order valence-corrected chi connectivity index (χ4v) is 4.48. The van der Waals surface area contributed by atoms with Crippen molar-refractivity contribution in [2.24, 2.45) is 11.7 Å². The van der Waals surface area contributed by atoms with Gasteiger partial charge in [-0.25, -0.2) is 4.98 Å². The summed E-state index contributed by atoms with van der Waals surface area (Å²) in [7, 11) is 0. The molecule has 1 aromatic rings. The first-order chi connectivity index (χ1) is 16.1. The second-order valence-corrected chi connectivity index (χ2v) is 8.65. The zero-order valence-corrected chi connectivity index (χ0v) is 19.2. The van der Waals surface area contributed by atoms with Crippen LogP contribution in [0, 0.1) is 11.9 Å². The standard InChI is InChI=1S/C23H32FN5O5/c1-2-16(21(25)30)5-3-4-15-8-11-29(14-15)17-9-12-28(13-10-17)19-7-6-18(26-20(19)24)22(31)27-23(32,33)34/h3-7,15,17,32-34H,2,8-14H2,1H3,(H2,25,30)(H,27,31)/b4-3+,16-5-/t15-/m0/s1. The van der Waals surface area contributed by atoms with Gasteiger partial charge in [-0.2, -0.15) is 4.39 Å². The van der Waals surface area contributed by atoms with Crippen LogP contribution in [0.1, 0.15) is 43.1 Å². The maximum Gasteiger partial charge on any atom is 0.369 e. The summed E-state index contributed by atoms with van der Waals surface area (Å²) in [5.74, 6) is -1.94. The summed E-state index contributed by atoms with van der Waals surface area (Å²) in [4.78, 5) is 31.0. The number of aliphatic hydroxyl groups is 3. The third-order valence-electron chi connectivity index (χ3n) is 6.30. The number of allylic oxidation sites excluding steroid dienone is 2. The largest absolute Gasteiger partial charge is 0.369 e. The molecule has 11 heteroatoms. The number of piperidine rings is 1. The zero-order chi connectivity index (χ0) is 24.9. The lowest BCUT2D eigenvalue weighted by molar-refractivity contribution is -0.323. The van der Waals surface area contributed by atoms with Crippen LogP contribution in [0.5, 0.6) is 0 Å². The van der Waals surface area contributed by atoms with E-state index in [0.717, 1.165) is 32.4 Å². The number of primary amides is 1. The predicted octanol–water partition coefficient (Wildman–Crippen LogP) is 0.207. The van der Waals surface area contributed by atoms with E-state index in [1.807, 2.05) is 17.9 Å². The zero-order valence-electron chi connectivity index (χ0n) is 19.2. The molecular formula is C23H32FN5O5. The Morgan fingerprint density at radius 2 is 1.94 bits per heavy atom. The lowest BCUT2D eigenvalue weighted by Crippen LogP contribution is -2.48. The van der Waals surface area contributed by atoms with Gasteiger partial charge in [0.05, 0.1) is 5.69 Å². The van der Waals surface area contributed by atoms with Gasteiger partial charge in [0.15, 0.2) is 0 Å². The van der Waals surface area contributed by atoms with Gasteiger partial charge in [-0.05, 0) is 50.3 Å². The van der Waals surface area contributed by atoms with E-state index in [0.29, 0.717) is 37.0 Å². The van der Waals surface area contributed by atoms with Crippen molar-refractivity contribution in [3.63, 3.8) is 0 Å². The summed E-state index contributed by atoms with van der Waals surface area (Å²) >= 11 is 0. The monoisotopic (exact) mass is 477 g/mol. The Balaban J connectivity index is 1.52. The number of nitrogens with two attached hydrogens (primary N) is 1. The van der Waals surface area contributed by atoms with Gasteiger partial charge in [0.1, 0.15) is 5.69 Å². The van der Waals surface area contributed by atoms with Crippen LogP contribution in [0.25, 0.3) is 0 Å². The van der Waals surface area contributed by atoms with Gasteiger partial charge in [-0.15, -0.1) is 0 Å². The van der Waals surface area contributed by atoms with Gasteiger partial charge in [0.25, 0.3) is 5.91 Å². The van der Waals surface area contributed by atoms with E-state index in [1.54, 1.807) is 6.08 Å². The molecule has 0 bridgehead atoms. The lowest BCUT2D eigenvalue weighted by atomic mass is 10.0. The van der Waals surface area contributed by atoms with Gasteiger partial charge in [-0.3, -0.25) is 19.8 Å². The molecule has 1 aromatic heterocycles. The fraction of sp³-hybridized carbons (Fsp3) is 0.522. The average Bonchev–Trinajstić information content (AvgIpc) is 3.24. The third kappa shape index (κ3) is 6.83. The number of pyridine rings is 1. The Morgan fingerprint density at radius 1 is 1.24 bits per heavy atom. The molecule has 0 aliphatic carbocycles. The number of nitrogens with zero attached hydrogens (tertiary/aromatic N) is 3. The Kier molecular flexibility index (Phi) is 8.37. The molecule has 2 fully saturated rings. The minimum absolute atomic E-state index is 0.272. The van der Waals surface area contributed by atoms with E-state index in [1.165, 1.54) is 17.4 Å². The van der Waals surface area contributed by atoms with Crippen molar-refractivity contribution in [3.05, 3.63) is 47.6 Å². The SMILES string of the molecule is CC/C(=C/C=C/[C@H]1CCN(C2CCN(c3ccc(C(=O)NC(O)(O)O)nc3F)CC2)C1)C(N)=O. The predicted molar refractivity (Wildman–Crippen MR) is 123 cm³/mol. The Labute approximate surface area is 197 Å². The minimum Gasteiger partial charge on any atom is -0.368 e. The van der Waals surface area contributed by atoms with E-state index < -0.39 is 18.0 Å². The number of hydrogen-bond donors (Lipinski definition) is 5. The molecule has 2 amide bonds. The number of rotatable bonds is 8. The average molecular weight is 478 g/mol. The molecule has 0 saturated carbocycles. The van der Waals surface area contributed by atoms with Crippen molar-refractivity contribution in [1.82, 2.24) is 15.2 Å². The molecule has 0 aromatic carbocycles. The van der Waals surface area contributed by atoms with Crippen LogP contribution < -0.4 is 16.0 Å². The molecule has 6 N–H and O–H groups in total. The molecular weight excluding hydrogens is 445 g/mol. The summed E-state index contributed by atoms with van der Waals surface area (Å²) in [6.45, 7) is 5.10. The highest BCUT2D eigenvalue weighted by Crippen LogP contribution is 2.28. The van der Waals surface area contributed by atoms with Gasteiger partial charge < -0.3 is 26.0 Å². The van der Waals surface area contributed by atoms with Gasteiger partial charge in [-0.1, -0.05) is 25.2 Å². The quantitative estimate of drug-likeness (QED) is 0.154. The van der Waals surface area contributed by atoms with Crippen LogP contribution in [-0.4, -0.2) is 75.3 Å². The van der Waals surface area contributed by atoms with Gasteiger partial charge in [0, 0.05) is 31.2 Å². The number of amides is 2. The molecule has 2 aliphatic heterocycles. The number of likely N-dealkylation sites (tertiary alicyclic amines) is 1. The minimum atomic E-state index is -3.40. The number of aromatic nitrogens is 1. The topological polar surface area (TPSA) is 152 Å². The molecule has 2 saturated heterocycles. The molecule has 2 aliphatic rings. The summed E-state index contributed by atoms with van der Waals surface area (Å²) in [5, 5.41) is 28.0. The molecule has 3 heterocycles. The Morgan fingerprint density at radius 3 is 2.53 bits per heavy atom. The van der Waals surface area contributed by atoms with E-state index in [-0.39, 0.29) is 17.3 Å². The highest BCUT2D eigenvalue weighted by molar-refractivity contribution is 5.92. The van der Waals surface area contributed by atoms with Crippen LogP contribution in [-0.2, 0) is 4.79 Å². The van der Waals surface area contributed by atoms with E-state index in [9.17, 15) is 14.0 Å². The summed E-state index contributed by atoms with van der Waals surface area (Å²) < 4.78 is 14.6. The number of hydrogen-bond acceptors (Lipinski definition) is 8. The molecule has 186 valence electrons. The maximum absolute atomic E-state index is 14.6. The summed E-state index contributed by atoms with van der Waals surface area (Å²) in [5.41, 5.74) is 5.84. The van der Waals surface area contributed by atoms with Crippen molar-refractivity contribution < 1.29 is 29.3 Å². The second-order valence-electron chi connectivity index (χ2n) is 8.65.